The minimum atomic E-state index is -0.879. The maximum Gasteiger partial charge on any atom is 0.252 e. The standard InChI is InChI=1S/C17H15N3O3/c1-23-15-8-3-2-7-13(15)14(10-18)20-17(22)12-6-4-5-11(9-12)16(19)21/h2-9,14H,1H3,(H2,19,21)(H,20,22)/t14-/m1/s1. The molecule has 2 aromatic carbocycles. The normalized spacial score (nSPS) is 11.1. The van der Waals surface area contributed by atoms with Gasteiger partial charge in [0.2, 0.25) is 5.91 Å². The average Bonchev–Trinajstić information content (AvgIpc) is 2.59. The van der Waals surface area contributed by atoms with E-state index >= 15 is 0 Å². The van der Waals surface area contributed by atoms with Crippen LogP contribution in [0.5, 0.6) is 5.75 Å². The summed E-state index contributed by atoms with van der Waals surface area (Å²) in [7, 11) is 1.49. The molecular formula is C17H15N3O3. The molecule has 0 aliphatic rings. The molecule has 6 heteroatoms. The van der Waals surface area contributed by atoms with Gasteiger partial charge in [0.05, 0.1) is 13.2 Å². The molecule has 1 atom stereocenters. The van der Waals surface area contributed by atoms with Crippen molar-refractivity contribution in [3.05, 3.63) is 65.2 Å². The zero-order valence-electron chi connectivity index (χ0n) is 12.4. The maximum atomic E-state index is 12.3. The van der Waals surface area contributed by atoms with E-state index in [4.69, 9.17) is 10.5 Å². The van der Waals surface area contributed by atoms with E-state index in [0.29, 0.717) is 11.3 Å². The van der Waals surface area contributed by atoms with Crippen LogP contribution in [0.1, 0.15) is 32.3 Å². The number of methoxy groups -OCH3 is 1. The number of rotatable bonds is 5. The quantitative estimate of drug-likeness (QED) is 0.878. The lowest BCUT2D eigenvalue weighted by Gasteiger charge is -2.15. The van der Waals surface area contributed by atoms with Crippen molar-refractivity contribution in [2.24, 2.45) is 5.73 Å². The lowest BCUT2D eigenvalue weighted by molar-refractivity contribution is 0.0945. The summed E-state index contributed by atoms with van der Waals surface area (Å²) in [5, 5.41) is 12.0. The van der Waals surface area contributed by atoms with Crippen molar-refractivity contribution in [1.82, 2.24) is 5.32 Å². The number of benzene rings is 2. The molecule has 0 bridgehead atoms. The molecule has 6 nitrogen and oxygen atoms in total. The molecule has 0 fully saturated rings. The van der Waals surface area contributed by atoms with Crippen LogP contribution < -0.4 is 15.8 Å². The molecule has 0 saturated carbocycles. The van der Waals surface area contributed by atoms with Gasteiger partial charge in [-0.15, -0.1) is 0 Å². The second-order valence-electron chi connectivity index (χ2n) is 4.72. The van der Waals surface area contributed by atoms with Crippen LogP contribution in [0.3, 0.4) is 0 Å². The lowest BCUT2D eigenvalue weighted by Crippen LogP contribution is -2.28. The summed E-state index contributed by atoms with van der Waals surface area (Å²) < 4.78 is 5.20. The zero-order valence-corrected chi connectivity index (χ0v) is 12.4. The van der Waals surface area contributed by atoms with Crippen molar-refractivity contribution in [2.75, 3.05) is 7.11 Å². The van der Waals surface area contributed by atoms with Crippen LogP contribution in [0, 0.1) is 11.3 Å². The summed E-state index contributed by atoms with van der Waals surface area (Å²) in [6.07, 6.45) is 0. The number of primary amides is 1. The third-order valence-electron chi connectivity index (χ3n) is 3.26. The highest BCUT2D eigenvalue weighted by Crippen LogP contribution is 2.24. The summed E-state index contributed by atoms with van der Waals surface area (Å²) in [6, 6.07) is 14.1. The van der Waals surface area contributed by atoms with Crippen LogP contribution in [0.2, 0.25) is 0 Å². The van der Waals surface area contributed by atoms with E-state index in [0.717, 1.165) is 0 Å². The van der Waals surface area contributed by atoms with E-state index in [1.54, 1.807) is 36.4 Å². The number of amides is 2. The smallest absolute Gasteiger partial charge is 0.252 e. The molecule has 3 N–H and O–H groups in total. The van der Waals surface area contributed by atoms with E-state index in [2.05, 4.69) is 5.32 Å². The van der Waals surface area contributed by atoms with E-state index in [1.165, 1.54) is 19.2 Å². The summed E-state index contributed by atoms with van der Waals surface area (Å²) >= 11 is 0. The first-order valence-electron chi connectivity index (χ1n) is 6.80. The van der Waals surface area contributed by atoms with Crippen molar-refractivity contribution in [3.63, 3.8) is 0 Å². The van der Waals surface area contributed by atoms with Crippen LogP contribution >= 0.6 is 0 Å². The fourth-order valence-corrected chi connectivity index (χ4v) is 2.11. The molecule has 2 aromatic rings. The van der Waals surface area contributed by atoms with Crippen LogP contribution in [-0.2, 0) is 0 Å². The van der Waals surface area contributed by atoms with E-state index in [-0.39, 0.29) is 11.1 Å². The third-order valence-corrected chi connectivity index (χ3v) is 3.26. The Morgan fingerprint density at radius 1 is 1.17 bits per heavy atom. The lowest BCUT2D eigenvalue weighted by atomic mass is 10.1. The number of hydrogen-bond donors (Lipinski definition) is 2. The summed E-state index contributed by atoms with van der Waals surface area (Å²) in [5.41, 5.74) is 6.22. The SMILES string of the molecule is COc1ccccc1[C@@H](C#N)NC(=O)c1cccc(C(N)=O)c1. The molecule has 0 saturated heterocycles. The van der Waals surface area contributed by atoms with Crippen molar-refractivity contribution in [3.8, 4) is 11.8 Å². The topological polar surface area (TPSA) is 105 Å². The predicted octanol–water partition coefficient (Wildman–Crippen LogP) is 1.79. The first kappa shape index (κ1) is 16.0. The number of carbonyl (C=O) groups is 2. The molecule has 0 heterocycles. The predicted molar refractivity (Wildman–Crippen MR) is 83.8 cm³/mol. The zero-order chi connectivity index (χ0) is 16.8. The molecule has 116 valence electrons. The van der Waals surface area contributed by atoms with Crippen LogP contribution in [-0.4, -0.2) is 18.9 Å². The van der Waals surface area contributed by atoms with Gasteiger partial charge in [0.25, 0.3) is 5.91 Å². The molecular weight excluding hydrogens is 294 g/mol. The number of nitrogens with two attached hydrogens (primary N) is 1. The van der Waals surface area contributed by atoms with Gasteiger partial charge in [-0.05, 0) is 24.3 Å². The van der Waals surface area contributed by atoms with Gasteiger partial charge < -0.3 is 15.8 Å². The van der Waals surface area contributed by atoms with Gasteiger partial charge in [0.1, 0.15) is 11.8 Å². The summed E-state index contributed by atoms with van der Waals surface area (Å²) in [6.45, 7) is 0. The number of nitrogens with zero attached hydrogens (tertiary/aromatic N) is 1. The fraction of sp³-hybridized carbons (Fsp3) is 0.118. The molecule has 0 aromatic heterocycles. The van der Waals surface area contributed by atoms with E-state index in [1.807, 2.05) is 6.07 Å². The van der Waals surface area contributed by atoms with Crippen LogP contribution in [0.15, 0.2) is 48.5 Å². The molecule has 0 spiro atoms. The maximum absolute atomic E-state index is 12.3. The van der Waals surface area contributed by atoms with Gasteiger partial charge in [-0.1, -0.05) is 24.3 Å². The number of carbonyl (C=O) groups excluding carboxylic acids is 2. The average molecular weight is 309 g/mol. The summed E-state index contributed by atoms with van der Waals surface area (Å²) in [5.74, 6) is -0.600. The van der Waals surface area contributed by atoms with Crippen LogP contribution in [0.4, 0.5) is 0 Å². The molecule has 0 aliphatic carbocycles. The Labute approximate surface area is 133 Å². The number of hydrogen-bond acceptors (Lipinski definition) is 4. The Kier molecular flexibility index (Phi) is 4.95. The number of para-hydroxylation sites is 1. The molecule has 0 aliphatic heterocycles. The van der Waals surface area contributed by atoms with E-state index in [9.17, 15) is 14.9 Å². The van der Waals surface area contributed by atoms with Gasteiger partial charge in [-0.3, -0.25) is 9.59 Å². The highest BCUT2D eigenvalue weighted by Gasteiger charge is 2.19. The van der Waals surface area contributed by atoms with Gasteiger partial charge in [-0.2, -0.15) is 5.26 Å². The van der Waals surface area contributed by atoms with Crippen molar-refractivity contribution in [1.29, 1.82) is 5.26 Å². The first-order valence-corrected chi connectivity index (χ1v) is 6.80. The minimum Gasteiger partial charge on any atom is -0.496 e. The van der Waals surface area contributed by atoms with Gasteiger partial charge >= 0.3 is 0 Å². The highest BCUT2D eigenvalue weighted by atomic mass is 16.5. The highest BCUT2D eigenvalue weighted by molar-refractivity contribution is 5.99. The first-order chi connectivity index (χ1) is 11.1. The number of nitrogens with one attached hydrogen (secondary N) is 1. The Hall–Kier alpha value is -3.33. The number of ether oxygens (including phenoxy) is 1. The molecule has 0 unspecified atom stereocenters. The minimum absolute atomic E-state index is 0.225. The Balaban J connectivity index is 2.26. The number of nitriles is 1. The Morgan fingerprint density at radius 2 is 1.87 bits per heavy atom. The Morgan fingerprint density at radius 3 is 2.52 bits per heavy atom. The second kappa shape index (κ2) is 7.09. The van der Waals surface area contributed by atoms with Gasteiger partial charge in [-0.25, -0.2) is 0 Å². The third kappa shape index (κ3) is 3.66. The fourth-order valence-electron chi connectivity index (χ4n) is 2.11. The molecule has 23 heavy (non-hydrogen) atoms. The monoisotopic (exact) mass is 309 g/mol. The molecule has 2 amide bonds. The van der Waals surface area contributed by atoms with Gasteiger partial charge in [0, 0.05) is 16.7 Å². The van der Waals surface area contributed by atoms with E-state index < -0.39 is 17.9 Å². The summed E-state index contributed by atoms with van der Waals surface area (Å²) in [4.78, 5) is 23.5. The Bertz CT molecular complexity index is 781. The van der Waals surface area contributed by atoms with Gasteiger partial charge in [0.15, 0.2) is 0 Å². The second-order valence-corrected chi connectivity index (χ2v) is 4.72. The van der Waals surface area contributed by atoms with Crippen molar-refractivity contribution >= 4 is 11.8 Å². The van der Waals surface area contributed by atoms with Crippen molar-refractivity contribution in [2.45, 2.75) is 6.04 Å². The molecule has 0 radical (unpaired) electrons. The molecule has 2 rings (SSSR count). The van der Waals surface area contributed by atoms with Crippen molar-refractivity contribution < 1.29 is 14.3 Å². The van der Waals surface area contributed by atoms with Crippen LogP contribution in [0.25, 0.3) is 0 Å². The largest absolute Gasteiger partial charge is 0.496 e.